The predicted octanol–water partition coefficient (Wildman–Crippen LogP) is 2.19. The Labute approximate surface area is 117 Å². The van der Waals surface area contributed by atoms with Gasteiger partial charge in [0.15, 0.2) is 0 Å². The van der Waals surface area contributed by atoms with Gasteiger partial charge in [-0.2, -0.15) is 4.39 Å². The lowest BCUT2D eigenvalue weighted by Gasteiger charge is -2.08. The number of rotatable bonds is 5. The van der Waals surface area contributed by atoms with Gasteiger partial charge in [-0.25, -0.2) is 4.79 Å². The molecule has 0 aliphatic heterocycles. The molecule has 0 fully saturated rings. The SMILES string of the molecule is CCOC(=O)Cc1c(F)c([N+](=O)[O-])cc(C(=O)O)c1Cl. The molecule has 0 bridgehead atoms. The van der Waals surface area contributed by atoms with Gasteiger partial charge in [0.05, 0.1) is 28.5 Å². The third-order valence-electron chi connectivity index (χ3n) is 2.33. The van der Waals surface area contributed by atoms with Gasteiger partial charge in [0.2, 0.25) is 5.82 Å². The number of hydrogen-bond donors (Lipinski definition) is 1. The minimum absolute atomic E-state index is 0.0266. The quantitative estimate of drug-likeness (QED) is 0.507. The molecule has 0 heterocycles. The number of nitro benzene ring substituents is 1. The number of carboxylic acid groups (broad SMARTS) is 1. The van der Waals surface area contributed by atoms with Gasteiger partial charge in [0.25, 0.3) is 0 Å². The summed E-state index contributed by atoms with van der Waals surface area (Å²) in [5.74, 6) is -3.79. The van der Waals surface area contributed by atoms with Gasteiger partial charge in [-0.1, -0.05) is 11.6 Å². The second-order valence-corrected chi connectivity index (χ2v) is 3.97. The Hall–Kier alpha value is -2.22. The normalized spacial score (nSPS) is 10.2. The number of halogens is 2. The zero-order valence-corrected chi connectivity index (χ0v) is 10.9. The topological polar surface area (TPSA) is 107 Å². The van der Waals surface area contributed by atoms with E-state index in [1.54, 1.807) is 0 Å². The summed E-state index contributed by atoms with van der Waals surface area (Å²) in [6.45, 7) is 1.55. The maximum absolute atomic E-state index is 13.9. The molecule has 9 heteroatoms. The Morgan fingerprint density at radius 3 is 2.60 bits per heavy atom. The van der Waals surface area contributed by atoms with Gasteiger partial charge in [0.1, 0.15) is 0 Å². The monoisotopic (exact) mass is 305 g/mol. The molecule has 0 aliphatic rings. The smallest absolute Gasteiger partial charge is 0.337 e. The average Bonchev–Trinajstić information content (AvgIpc) is 2.34. The summed E-state index contributed by atoms with van der Waals surface area (Å²) in [6, 6.07) is 0.509. The summed E-state index contributed by atoms with van der Waals surface area (Å²) < 4.78 is 18.5. The van der Waals surface area contributed by atoms with Gasteiger partial charge >= 0.3 is 17.6 Å². The van der Waals surface area contributed by atoms with Crippen molar-refractivity contribution >= 4 is 29.2 Å². The molecule has 20 heavy (non-hydrogen) atoms. The fourth-order valence-corrected chi connectivity index (χ4v) is 1.76. The molecule has 0 aliphatic carbocycles. The minimum Gasteiger partial charge on any atom is -0.478 e. The van der Waals surface area contributed by atoms with E-state index in [1.165, 1.54) is 6.92 Å². The van der Waals surface area contributed by atoms with E-state index in [1.807, 2.05) is 0 Å². The number of ether oxygens (including phenoxy) is 1. The highest BCUT2D eigenvalue weighted by atomic mass is 35.5. The first-order valence-corrected chi connectivity index (χ1v) is 5.71. The lowest BCUT2D eigenvalue weighted by molar-refractivity contribution is -0.387. The van der Waals surface area contributed by atoms with Crippen LogP contribution in [0.2, 0.25) is 5.02 Å². The maximum Gasteiger partial charge on any atom is 0.337 e. The van der Waals surface area contributed by atoms with E-state index >= 15 is 0 Å². The van der Waals surface area contributed by atoms with Crippen LogP contribution in [0, 0.1) is 15.9 Å². The number of carbonyl (C=O) groups is 2. The van der Waals surface area contributed by atoms with Gasteiger partial charge in [-0.15, -0.1) is 0 Å². The molecule has 1 aromatic rings. The van der Waals surface area contributed by atoms with Gasteiger partial charge in [-0.05, 0) is 6.92 Å². The number of hydrogen-bond acceptors (Lipinski definition) is 5. The molecular weight excluding hydrogens is 297 g/mol. The van der Waals surface area contributed by atoms with Crippen LogP contribution in [0.15, 0.2) is 6.07 Å². The summed E-state index contributed by atoms with van der Waals surface area (Å²) in [5.41, 5.74) is -2.29. The third-order valence-corrected chi connectivity index (χ3v) is 2.76. The highest BCUT2D eigenvalue weighted by Gasteiger charge is 2.28. The maximum atomic E-state index is 13.9. The number of carboxylic acids is 1. The first-order chi connectivity index (χ1) is 9.29. The molecule has 0 radical (unpaired) electrons. The fraction of sp³-hybridized carbons (Fsp3) is 0.273. The van der Waals surface area contributed by atoms with E-state index < -0.39 is 50.9 Å². The summed E-state index contributed by atoms with van der Waals surface area (Å²) in [4.78, 5) is 31.8. The van der Waals surface area contributed by atoms with Crippen LogP contribution in [-0.4, -0.2) is 28.6 Å². The van der Waals surface area contributed by atoms with Crippen LogP contribution in [0.4, 0.5) is 10.1 Å². The fourth-order valence-electron chi connectivity index (χ4n) is 1.48. The van der Waals surface area contributed by atoms with Crippen LogP contribution in [0.5, 0.6) is 0 Å². The zero-order chi connectivity index (χ0) is 15.4. The summed E-state index contributed by atoms with van der Waals surface area (Å²) in [6.07, 6.45) is -0.694. The standard InChI is InChI=1S/C11H9ClFNO6/c1-2-20-8(15)4-5-9(12)6(11(16)17)3-7(10(5)13)14(18)19/h3H,2,4H2,1H3,(H,16,17). The lowest BCUT2D eigenvalue weighted by atomic mass is 10.1. The Balaban J connectivity index is 3.43. The van der Waals surface area contributed by atoms with E-state index in [2.05, 4.69) is 4.74 Å². The van der Waals surface area contributed by atoms with Gasteiger partial charge in [0, 0.05) is 11.6 Å². The lowest BCUT2D eigenvalue weighted by Crippen LogP contribution is -2.12. The van der Waals surface area contributed by atoms with Crippen molar-refractivity contribution in [1.82, 2.24) is 0 Å². The summed E-state index contributed by atoms with van der Waals surface area (Å²) >= 11 is 5.68. The second kappa shape index (κ2) is 6.29. The van der Waals surface area contributed by atoms with Gasteiger partial charge < -0.3 is 9.84 Å². The molecule has 0 saturated heterocycles. The molecule has 0 aromatic heterocycles. The molecule has 108 valence electrons. The van der Waals surface area contributed by atoms with E-state index in [0.29, 0.717) is 6.07 Å². The predicted molar refractivity (Wildman–Crippen MR) is 65.4 cm³/mol. The number of benzene rings is 1. The third kappa shape index (κ3) is 3.21. The second-order valence-electron chi connectivity index (χ2n) is 3.59. The molecule has 1 N–H and O–H groups in total. The first kappa shape index (κ1) is 15.8. The molecule has 0 spiro atoms. The average molecular weight is 306 g/mol. The molecule has 1 aromatic carbocycles. The van der Waals surface area contributed by atoms with Crippen LogP contribution in [0.3, 0.4) is 0 Å². The number of esters is 1. The van der Waals surface area contributed by atoms with Crippen LogP contribution >= 0.6 is 11.6 Å². The van der Waals surface area contributed by atoms with Crippen LogP contribution < -0.4 is 0 Å². The number of carbonyl (C=O) groups excluding carboxylic acids is 1. The zero-order valence-electron chi connectivity index (χ0n) is 10.2. The minimum atomic E-state index is -1.57. The van der Waals surface area contributed by atoms with Crippen molar-refractivity contribution in [3.05, 3.63) is 38.1 Å². The number of aromatic carboxylic acids is 1. The van der Waals surface area contributed by atoms with Crippen molar-refractivity contribution in [2.45, 2.75) is 13.3 Å². The summed E-state index contributed by atoms with van der Waals surface area (Å²) in [5, 5.41) is 19.0. The van der Waals surface area contributed by atoms with Crippen LogP contribution in [-0.2, 0) is 16.0 Å². The molecular formula is C11H9ClFNO6. The van der Waals surface area contributed by atoms with Gasteiger partial charge in [-0.3, -0.25) is 14.9 Å². The molecule has 0 amide bonds. The van der Waals surface area contributed by atoms with Crippen molar-refractivity contribution in [3.63, 3.8) is 0 Å². The molecule has 1 rings (SSSR count). The summed E-state index contributed by atoms with van der Waals surface area (Å²) in [7, 11) is 0. The van der Waals surface area contributed by atoms with Crippen molar-refractivity contribution < 1.29 is 28.7 Å². The number of nitrogens with zero attached hydrogens (tertiary/aromatic N) is 1. The first-order valence-electron chi connectivity index (χ1n) is 5.33. The van der Waals surface area contributed by atoms with E-state index in [4.69, 9.17) is 16.7 Å². The largest absolute Gasteiger partial charge is 0.478 e. The van der Waals surface area contributed by atoms with Crippen molar-refractivity contribution in [2.75, 3.05) is 6.61 Å². The van der Waals surface area contributed by atoms with Crippen molar-refractivity contribution in [1.29, 1.82) is 0 Å². The Morgan fingerprint density at radius 2 is 2.15 bits per heavy atom. The molecule has 0 unspecified atom stereocenters. The molecule has 7 nitrogen and oxygen atoms in total. The molecule has 0 saturated carbocycles. The van der Waals surface area contributed by atoms with Crippen molar-refractivity contribution in [2.24, 2.45) is 0 Å². The highest BCUT2D eigenvalue weighted by Crippen LogP contribution is 2.31. The Bertz CT molecular complexity index is 551. The Morgan fingerprint density at radius 1 is 1.55 bits per heavy atom. The molecule has 0 atom stereocenters. The van der Waals surface area contributed by atoms with Crippen molar-refractivity contribution in [3.8, 4) is 0 Å². The Kier molecular flexibility index (Phi) is 4.98. The van der Waals surface area contributed by atoms with E-state index in [9.17, 15) is 24.1 Å². The highest BCUT2D eigenvalue weighted by molar-refractivity contribution is 6.34. The van der Waals surface area contributed by atoms with Crippen LogP contribution in [0.25, 0.3) is 0 Å². The van der Waals surface area contributed by atoms with E-state index in [0.717, 1.165) is 0 Å². The van der Waals surface area contributed by atoms with E-state index in [-0.39, 0.29) is 6.61 Å². The van der Waals surface area contributed by atoms with Crippen LogP contribution in [0.1, 0.15) is 22.8 Å². The number of nitro groups is 1.